The van der Waals surface area contributed by atoms with Gasteiger partial charge in [0.25, 0.3) is 5.91 Å². The van der Waals surface area contributed by atoms with Gasteiger partial charge in [-0.25, -0.2) is 12.7 Å². The maximum Gasteiger partial charge on any atom is 0.309 e. The lowest BCUT2D eigenvalue weighted by atomic mass is 9.98. The molecule has 2 aliphatic rings. The van der Waals surface area contributed by atoms with Gasteiger partial charge in [-0.2, -0.15) is 0 Å². The van der Waals surface area contributed by atoms with Gasteiger partial charge in [0.15, 0.2) is 6.10 Å². The zero-order chi connectivity index (χ0) is 19.5. The van der Waals surface area contributed by atoms with Crippen LogP contribution >= 0.6 is 0 Å². The number of nitrogens with zero attached hydrogens (tertiary/aromatic N) is 2. The fourth-order valence-corrected chi connectivity index (χ4v) is 4.62. The van der Waals surface area contributed by atoms with Gasteiger partial charge >= 0.3 is 5.97 Å². The van der Waals surface area contributed by atoms with Crippen LogP contribution in [0.25, 0.3) is 0 Å². The number of carbonyl (C=O) groups is 2. The molecule has 0 bridgehead atoms. The van der Waals surface area contributed by atoms with E-state index in [9.17, 15) is 18.0 Å². The average molecular weight is 391 g/mol. The van der Waals surface area contributed by atoms with Crippen LogP contribution in [0.3, 0.4) is 0 Å². The molecule has 2 aliphatic heterocycles. The Bertz CT molecular complexity index is 605. The molecule has 0 saturated carbocycles. The maximum atomic E-state index is 12.5. The van der Waals surface area contributed by atoms with Crippen LogP contribution in [0.15, 0.2) is 0 Å². The summed E-state index contributed by atoms with van der Waals surface area (Å²) in [5.41, 5.74) is 0. The topological polar surface area (TPSA) is 93.2 Å². The van der Waals surface area contributed by atoms with Gasteiger partial charge in [0.2, 0.25) is 10.0 Å². The van der Waals surface area contributed by atoms with Crippen LogP contribution in [0.1, 0.15) is 40.5 Å². The third-order valence-electron chi connectivity index (χ3n) is 4.92. The maximum absolute atomic E-state index is 12.5. The molecule has 3 unspecified atom stereocenters. The summed E-state index contributed by atoms with van der Waals surface area (Å²) in [6, 6.07) is 0. The summed E-state index contributed by atoms with van der Waals surface area (Å²) in [5, 5.41) is 0. The molecule has 2 rings (SSSR count). The molecule has 0 aromatic carbocycles. The molecule has 8 nitrogen and oxygen atoms in total. The Balaban J connectivity index is 1.85. The van der Waals surface area contributed by atoms with E-state index in [2.05, 4.69) is 0 Å². The Labute approximate surface area is 155 Å². The lowest BCUT2D eigenvalue weighted by Gasteiger charge is -2.36. The monoisotopic (exact) mass is 390 g/mol. The van der Waals surface area contributed by atoms with E-state index in [0.717, 1.165) is 0 Å². The standard InChI is InChI=1S/C17H30N2O6S/c1-5-26(22,23)19-8-6-15(7-9-19)17(21)25-14(4)16(20)18-10-12(2)24-13(3)11-18/h12-15H,5-11H2,1-4H3. The van der Waals surface area contributed by atoms with Crippen molar-refractivity contribution in [2.75, 3.05) is 31.9 Å². The quantitative estimate of drug-likeness (QED) is 0.639. The lowest BCUT2D eigenvalue weighted by molar-refractivity contribution is -0.167. The number of hydrogen-bond acceptors (Lipinski definition) is 6. The van der Waals surface area contributed by atoms with Gasteiger partial charge in [0, 0.05) is 26.2 Å². The lowest BCUT2D eigenvalue weighted by Crippen LogP contribution is -2.51. The second-order valence-corrected chi connectivity index (χ2v) is 9.41. The highest BCUT2D eigenvalue weighted by atomic mass is 32.2. The molecular formula is C17H30N2O6S. The summed E-state index contributed by atoms with van der Waals surface area (Å²) in [7, 11) is -3.22. The first-order valence-electron chi connectivity index (χ1n) is 9.26. The summed E-state index contributed by atoms with van der Waals surface area (Å²) in [4.78, 5) is 26.6. The Hall–Kier alpha value is -1.19. The zero-order valence-corrected chi connectivity index (χ0v) is 16.8. The molecule has 0 aromatic rings. The minimum atomic E-state index is -3.22. The summed E-state index contributed by atoms with van der Waals surface area (Å²) < 4.78 is 36.2. The molecule has 0 radical (unpaired) electrons. The molecule has 0 N–H and O–H groups in total. The molecular weight excluding hydrogens is 360 g/mol. The van der Waals surface area contributed by atoms with E-state index < -0.39 is 22.1 Å². The van der Waals surface area contributed by atoms with Crippen molar-refractivity contribution in [3.05, 3.63) is 0 Å². The Morgan fingerprint density at radius 1 is 1.15 bits per heavy atom. The van der Waals surface area contributed by atoms with Crippen LogP contribution in [0.2, 0.25) is 0 Å². The number of rotatable bonds is 5. The SMILES string of the molecule is CCS(=O)(=O)N1CCC(C(=O)OC(C)C(=O)N2CC(C)OC(C)C2)CC1. The Kier molecular flexibility index (Phi) is 7.04. The van der Waals surface area contributed by atoms with Gasteiger partial charge in [-0.15, -0.1) is 0 Å². The minimum absolute atomic E-state index is 0.0459. The second kappa shape index (κ2) is 8.67. The van der Waals surface area contributed by atoms with Gasteiger partial charge in [0.1, 0.15) is 0 Å². The van der Waals surface area contributed by atoms with Crippen molar-refractivity contribution in [3.63, 3.8) is 0 Å². The predicted octanol–water partition coefficient (Wildman–Crippen LogP) is 0.616. The number of ether oxygens (including phenoxy) is 2. The highest BCUT2D eigenvalue weighted by molar-refractivity contribution is 7.89. The van der Waals surface area contributed by atoms with E-state index in [1.807, 2.05) is 13.8 Å². The Morgan fingerprint density at radius 2 is 1.69 bits per heavy atom. The molecule has 1 amide bonds. The van der Waals surface area contributed by atoms with E-state index >= 15 is 0 Å². The van der Waals surface area contributed by atoms with Crippen LogP contribution < -0.4 is 0 Å². The average Bonchev–Trinajstić information content (AvgIpc) is 2.60. The van der Waals surface area contributed by atoms with Crippen molar-refractivity contribution < 1.29 is 27.5 Å². The summed E-state index contributed by atoms with van der Waals surface area (Å²) in [5.74, 6) is -0.944. The van der Waals surface area contributed by atoms with E-state index in [1.54, 1.807) is 18.7 Å². The van der Waals surface area contributed by atoms with Gasteiger partial charge < -0.3 is 14.4 Å². The summed E-state index contributed by atoms with van der Waals surface area (Å²) in [6.45, 7) is 8.61. The van der Waals surface area contributed by atoms with Crippen LogP contribution in [0, 0.1) is 5.92 Å². The number of carbonyl (C=O) groups excluding carboxylic acids is 2. The van der Waals surface area contributed by atoms with Gasteiger partial charge in [-0.05, 0) is 40.5 Å². The second-order valence-electron chi connectivity index (χ2n) is 7.15. The molecule has 0 aliphatic carbocycles. The van der Waals surface area contributed by atoms with Crippen molar-refractivity contribution in [3.8, 4) is 0 Å². The Morgan fingerprint density at radius 3 is 2.19 bits per heavy atom. The van der Waals surface area contributed by atoms with Crippen molar-refractivity contribution in [2.45, 2.75) is 58.8 Å². The first-order valence-corrected chi connectivity index (χ1v) is 10.9. The summed E-state index contributed by atoms with van der Waals surface area (Å²) in [6.07, 6.45) is -0.0989. The number of sulfonamides is 1. The molecule has 0 spiro atoms. The molecule has 3 atom stereocenters. The molecule has 150 valence electrons. The number of esters is 1. The van der Waals surface area contributed by atoms with Crippen molar-refractivity contribution in [1.82, 2.24) is 9.21 Å². The van der Waals surface area contributed by atoms with Crippen LogP contribution in [0.4, 0.5) is 0 Å². The van der Waals surface area contributed by atoms with Gasteiger partial charge in [-0.1, -0.05) is 0 Å². The van der Waals surface area contributed by atoms with Crippen LogP contribution in [-0.4, -0.2) is 79.7 Å². The molecule has 0 aromatic heterocycles. The molecule has 2 fully saturated rings. The summed E-state index contributed by atoms with van der Waals surface area (Å²) >= 11 is 0. The first kappa shape index (κ1) is 21.1. The van der Waals surface area contributed by atoms with E-state index in [1.165, 1.54) is 4.31 Å². The highest BCUT2D eigenvalue weighted by Crippen LogP contribution is 2.22. The van der Waals surface area contributed by atoms with Crippen molar-refractivity contribution in [2.24, 2.45) is 5.92 Å². The van der Waals surface area contributed by atoms with Crippen LogP contribution in [0.5, 0.6) is 0 Å². The smallest absolute Gasteiger partial charge is 0.309 e. The molecule has 26 heavy (non-hydrogen) atoms. The fourth-order valence-electron chi connectivity index (χ4n) is 3.49. The molecule has 2 saturated heterocycles. The normalized spacial score (nSPS) is 27.2. The van der Waals surface area contributed by atoms with Crippen LogP contribution in [-0.2, 0) is 29.1 Å². The number of hydrogen-bond donors (Lipinski definition) is 0. The predicted molar refractivity (Wildman–Crippen MR) is 95.9 cm³/mol. The van der Waals surface area contributed by atoms with Crippen molar-refractivity contribution >= 4 is 21.9 Å². The third kappa shape index (κ3) is 5.17. The number of morpholine rings is 1. The van der Waals surface area contributed by atoms with E-state index in [4.69, 9.17) is 9.47 Å². The number of piperidine rings is 1. The highest BCUT2D eigenvalue weighted by Gasteiger charge is 2.34. The van der Waals surface area contributed by atoms with E-state index in [-0.39, 0.29) is 29.8 Å². The van der Waals surface area contributed by atoms with Gasteiger partial charge in [-0.3, -0.25) is 9.59 Å². The van der Waals surface area contributed by atoms with Crippen molar-refractivity contribution in [1.29, 1.82) is 0 Å². The molecule has 9 heteroatoms. The first-order chi connectivity index (χ1) is 12.1. The largest absolute Gasteiger partial charge is 0.452 e. The zero-order valence-electron chi connectivity index (χ0n) is 16.0. The molecule has 2 heterocycles. The number of amides is 1. The fraction of sp³-hybridized carbons (Fsp3) is 0.882. The minimum Gasteiger partial charge on any atom is -0.452 e. The van der Waals surface area contributed by atoms with Gasteiger partial charge in [0.05, 0.1) is 23.9 Å². The van der Waals surface area contributed by atoms with E-state index in [0.29, 0.717) is 39.0 Å². The third-order valence-corrected chi connectivity index (χ3v) is 6.80.